The molecule has 0 amide bonds. The SMILES string of the molecule is CC1(C)c2cc(-c3ccc(-c4c(-c5ccc(-c6nc(-c7ccccc7)nc(-c7ccccc7)n6)cc5)ccc5ccccc45)cc3)ccc2-c2c(C#N)cccc21. The number of nitrogens with zero attached hydrogens (tertiary/aromatic N) is 4. The fourth-order valence-electron chi connectivity index (χ4n) is 8.45. The van der Waals surface area contributed by atoms with Crippen LogP contribution < -0.4 is 0 Å². The van der Waals surface area contributed by atoms with Gasteiger partial charge in [-0.3, -0.25) is 0 Å². The molecule has 9 aromatic rings. The van der Waals surface area contributed by atoms with Crippen LogP contribution in [-0.2, 0) is 5.41 Å². The minimum atomic E-state index is -0.196. The molecule has 0 atom stereocenters. The maximum Gasteiger partial charge on any atom is 0.164 e. The first-order chi connectivity index (χ1) is 28.0. The molecule has 268 valence electrons. The first-order valence-corrected chi connectivity index (χ1v) is 19.2. The van der Waals surface area contributed by atoms with Crippen LogP contribution in [0.25, 0.3) is 89.4 Å². The van der Waals surface area contributed by atoms with Gasteiger partial charge in [0, 0.05) is 27.7 Å². The molecule has 0 saturated heterocycles. The van der Waals surface area contributed by atoms with E-state index in [2.05, 4.69) is 129 Å². The van der Waals surface area contributed by atoms with Gasteiger partial charge >= 0.3 is 0 Å². The van der Waals surface area contributed by atoms with Crippen LogP contribution in [0.1, 0.15) is 30.5 Å². The van der Waals surface area contributed by atoms with Crippen molar-refractivity contribution in [3.05, 3.63) is 199 Å². The third kappa shape index (κ3) is 5.89. The van der Waals surface area contributed by atoms with E-state index in [1.165, 1.54) is 27.5 Å². The second-order valence-corrected chi connectivity index (χ2v) is 15.1. The topological polar surface area (TPSA) is 62.5 Å². The van der Waals surface area contributed by atoms with Crippen LogP contribution in [0.15, 0.2) is 182 Å². The smallest absolute Gasteiger partial charge is 0.164 e. The molecule has 0 unspecified atom stereocenters. The van der Waals surface area contributed by atoms with E-state index in [0.717, 1.165) is 61.2 Å². The van der Waals surface area contributed by atoms with Crippen LogP contribution in [0, 0.1) is 11.3 Å². The minimum absolute atomic E-state index is 0.196. The Morgan fingerprint density at radius 2 is 0.930 bits per heavy atom. The Balaban J connectivity index is 1.03. The predicted molar refractivity (Wildman–Crippen MR) is 232 cm³/mol. The summed E-state index contributed by atoms with van der Waals surface area (Å²) in [4.78, 5) is 14.8. The Labute approximate surface area is 332 Å². The zero-order valence-corrected chi connectivity index (χ0v) is 31.6. The highest BCUT2D eigenvalue weighted by Gasteiger charge is 2.37. The first kappa shape index (κ1) is 34.0. The van der Waals surface area contributed by atoms with Crippen molar-refractivity contribution < 1.29 is 0 Å². The molecule has 4 nitrogen and oxygen atoms in total. The number of hydrogen-bond donors (Lipinski definition) is 0. The monoisotopic (exact) mass is 728 g/mol. The summed E-state index contributed by atoms with van der Waals surface area (Å²) in [6, 6.07) is 65.9. The maximum absolute atomic E-state index is 9.90. The van der Waals surface area contributed by atoms with Crippen LogP contribution in [-0.4, -0.2) is 15.0 Å². The molecule has 0 N–H and O–H groups in total. The summed E-state index contributed by atoms with van der Waals surface area (Å²) in [6.07, 6.45) is 0. The standard InChI is InChI=1S/C53H36N4/c1-53(2)46-19-11-17-42(33-54)49(46)45-31-29-41(32-47(45)53)34-20-24-37(25-21-34)48-43-18-10-9-12-35(43)28-30-44(48)36-22-26-40(27-23-36)52-56-50(38-13-5-3-6-14-38)55-51(57-52)39-15-7-4-8-16-39/h3-32H,1-2H3. The number of aromatic nitrogens is 3. The fraction of sp³-hybridized carbons (Fsp3) is 0.0566. The lowest BCUT2D eigenvalue weighted by Gasteiger charge is -2.22. The average molecular weight is 729 g/mol. The number of rotatable bonds is 6. The summed E-state index contributed by atoms with van der Waals surface area (Å²) in [5.41, 5.74) is 15.0. The number of fused-ring (bicyclic) bond motifs is 4. The highest BCUT2D eigenvalue weighted by molar-refractivity contribution is 6.04. The highest BCUT2D eigenvalue weighted by atomic mass is 15.0. The zero-order valence-electron chi connectivity index (χ0n) is 31.6. The van der Waals surface area contributed by atoms with Crippen molar-refractivity contribution in [3.63, 3.8) is 0 Å². The lowest BCUT2D eigenvalue weighted by Crippen LogP contribution is -2.15. The second kappa shape index (κ2) is 13.7. The van der Waals surface area contributed by atoms with Gasteiger partial charge in [-0.15, -0.1) is 0 Å². The molecule has 1 aromatic heterocycles. The molecule has 57 heavy (non-hydrogen) atoms. The fourth-order valence-corrected chi connectivity index (χ4v) is 8.45. The summed E-state index contributed by atoms with van der Waals surface area (Å²) in [6.45, 7) is 4.52. The lowest BCUT2D eigenvalue weighted by molar-refractivity contribution is 0.660. The molecule has 0 radical (unpaired) electrons. The van der Waals surface area contributed by atoms with E-state index in [4.69, 9.17) is 15.0 Å². The van der Waals surface area contributed by atoms with Crippen molar-refractivity contribution in [2.75, 3.05) is 0 Å². The van der Waals surface area contributed by atoms with E-state index in [0.29, 0.717) is 17.5 Å². The van der Waals surface area contributed by atoms with Crippen molar-refractivity contribution in [1.82, 2.24) is 15.0 Å². The first-order valence-electron chi connectivity index (χ1n) is 19.2. The largest absolute Gasteiger partial charge is 0.208 e. The normalized spacial score (nSPS) is 12.5. The van der Waals surface area contributed by atoms with Crippen molar-refractivity contribution in [3.8, 4) is 84.7 Å². The summed E-state index contributed by atoms with van der Waals surface area (Å²) in [5.74, 6) is 1.92. The van der Waals surface area contributed by atoms with Crippen molar-refractivity contribution in [2.24, 2.45) is 0 Å². The van der Waals surface area contributed by atoms with E-state index in [1.807, 2.05) is 72.8 Å². The van der Waals surface area contributed by atoms with Gasteiger partial charge in [-0.2, -0.15) is 5.26 Å². The third-order valence-electron chi connectivity index (χ3n) is 11.4. The minimum Gasteiger partial charge on any atom is -0.208 e. The van der Waals surface area contributed by atoms with Gasteiger partial charge < -0.3 is 0 Å². The quantitative estimate of drug-likeness (QED) is 0.171. The van der Waals surface area contributed by atoms with Gasteiger partial charge in [-0.1, -0.05) is 184 Å². The molecular formula is C53H36N4. The van der Waals surface area contributed by atoms with E-state index in [-0.39, 0.29) is 5.41 Å². The molecule has 0 bridgehead atoms. The summed E-state index contributed by atoms with van der Waals surface area (Å²) < 4.78 is 0. The van der Waals surface area contributed by atoms with Crippen molar-refractivity contribution >= 4 is 10.8 Å². The van der Waals surface area contributed by atoms with Crippen LogP contribution in [0.2, 0.25) is 0 Å². The Morgan fingerprint density at radius 1 is 0.404 bits per heavy atom. The Kier molecular flexibility index (Phi) is 8.17. The van der Waals surface area contributed by atoms with E-state index in [9.17, 15) is 5.26 Å². The van der Waals surface area contributed by atoms with Gasteiger partial charge in [-0.25, -0.2) is 15.0 Å². The van der Waals surface area contributed by atoms with Crippen LogP contribution in [0.5, 0.6) is 0 Å². The van der Waals surface area contributed by atoms with Crippen molar-refractivity contribution in [2.45, 2.75) is 19.3 Å². The molecule has 1 aliphatic carbocycles. The third-order valence-corrected chi connectivity index (χ3v) is 11.4. The summed E-state index contributed by atoms with van der Waals surface area (Å²) >= 11 is 0. The number of hydrogen-bond acceptors (Lipinski definition) is 4. The van der Waals surface area contributed by atoms with Gasteiger partial charge in [0.05, 0.1) is 11.6 Å². The van der Waals surface area contributed by atoms with E-state index in [1.54, 1.807) is 0 Å². The highest BCUT2D eigenvalue weighted by Crippen LogP contribution is 2.51. The molecule has 0 aliphatic heterocycles. The lowest BCUT2D eigenvalue weighted by atomic mass is 9.81. The predicted octanol–water partition coefficient (Wildman–Crippen LogP) is 13.2. The number of nitriles is 1. The Morgan fingerprint density at radius 3 is 1.58 bits per heavy atom. The van der Waals surface area contributed by atoms with Crippen LogP contribution in [0.4, 0.5) is 0 Å². The van der Waals surface area contributed by atoms with Gasteiger partial charge in [0.1, 0.15) is 0 Å². The van der Waals surface area contributed by atoms with Crippen molar-refractivity contribution in [1.29, 1.82) is 5.26 Å². The maximum atomic E-state index is 9.90. The Hall–Kier alpha value is -7.48. The number of benzene rings is 8. The van der Waals surface area contributed by atoms with Gasteiger partial charge in [0.25, 0.3) is 0 Å². The molecule has 1 aliphatic rings. The molecule has 0 spiro atoms. The van der Waals surface area contributed by atoms with E-state index >= 15 is 0 Å². The molecule has 1 heterocycles. The van der Waals surface area contributed by atoms with Crippen LogP contribution in [0.3, 0.4) is 0 Å². The molecule has 8 aromatic carbocycles. The summed E-state index contributed by atoms with van der Waals surface area (Å²) in [5, 5.41) is 12.3. The van der Waals surface area contributed by atoms with Gasteiger partial charge in [0.2, 0.25) is 0 Å². The zero-order chi connectivity index (χ0) is 38.5. The van der Waals surface area contributed by atoms with Gasteiger partial charge in [0.15, 0.2) is 17.5 Å². The second-order valence-electron chi connectivity index (χ2n) is 15.1. The van der Waals surface area contributed by atoms with Crippen LogP contribution >= 0.6 is 0 Å². The van der Waals surface area contributed by atoms with E-state index < -0.39 is 0 Å². The average Bonchev–Trinajstić information content (AvgIpc) is 3.52. The Bertz CT molecular complexity index is 2960. The molecule has 0 fully saturated rings. The molecule has 0 saturated carbocycles. The van der Waals surface area contributed by atoms with Gasteiger partial charge in [-0.05, 0) is 73.0 Å². The summed E-state index contributed by atoms with van der Waals surface area (Å²) in [7, 11) is 0. The molecule has 4 heteroatoms. The molecular weight excluding hydrogens is 693 g/mol. The molecule has 10 rings (SSSR count).